The Bertz CT molecular complexity index is 958. The maximum Gasteiger partial charge on any atom is 0.342 e. The number of nitrogens with zero attached hydrogens (tertiary/aromatic N) is 3. The SMILES string of the molecule is N#Cc1nn(-c2c(Cl)cc(Cl)cc2Cl)c(N)c1S(=O)(=O)C(F)(Cl)Br. The zero-order valence-electron chi connectivity index (χ0n) is 11.1. The van der Waals surface area contributed by atoms with E-state index in [1.54, 1.807) is 0 Å². The van der Waals surface area contributed by atoms with Gasteiger partial charge in [0.05, 0.1) is 10.0 Å². The molecule has 1 aromatic carbocycles. The predicted octanol–water partition coefficient (Wildman–Crippen LogP) is 4.27. The van der Waals surface area contributed by atoms with Crippen molar-refractivity contribution in [3.8, 4) is 11.8 Å². The van der Waals surface area contributed by atoms with E-state index in [2.05, 4.69) is 21.0 Å². The van der Waals surface area contributed by atoms with Crippen LogP contribution >= 0.6 is 62.3 Å². The largest absolute Gasteiger partial charge is 0.382 e. The first-order valence-electron chi connectivity index (χ1n) is 5.66. The molecule has 0 fully saturated rings. The summed E-state index contributed by atoms with van der Waals surface area (Å²) in [5.74, 6) is -0.597. The molecule has 0 spiro atoms. The van der Waals surface area contributed by atoms with Crippen molar-refractivity contribution < 1.29 is 12.8 Å². The molecule has 2 N–H and O–H groups in total. The minimum Gasteiger partial charge on any atom is -0.382 e. The van der Waals surface area contributed by atoms with Crippen molar-refractivity contribution in [2.75, 3.05) is 5.73 Å². The van der Waals surface area contributed by atoms with E-state index in [0.29, 0.717) is 0 Å². The van der Waals surface area contributed by atoms with E-state index in [1.807, 2.05) is 0 Å². The van der Waals surface area contributed by atoms with Gasteiger partial charge in [-0.1, -0.05) is 46.4 Å². The molecule has 0 aliphatic carbocycles. The summed E-state index contributed by atoms with van der Waals surface area (Å²) in [6.45, 7) is 0. The number of alkyl halides is 3. The van der Waals surface area contributed by atoms with Crippen molar-refractivity contribution in [1.29, 1.82) is 5.26 Å². The average molecular weight is 497 g/mol. The van der Waals surface area contributed by atoms with Crippen molar-refractivity contribution in [2.24, 2.45) is 0 Å². The van der Waals surface area contributed by atoms with E-state index >= 15 is 0 Å². The Kier molecular flexibility index (Phi) is 5.31. The van der Waals surface area contributed by atoms with Crippen LogP contribution in [0.3, 0.4) is 0 Å². The zero-order chi connectivity index (χ0) is 18.4. The maximum absolute atomic E-state index is 13.8. The second-order valence-electron chi connectivity index (χ2n) is 4.25. The van der Waals surface area contributed by atoms with E-state index < -0.39 is 29.6 Å². The quantitative estimate of drug-likeness (QED) is 0.639. The lowest BCUT2D eigenvalue weighted by atomic mass is 10.3. The molecule has 0 aliphatic heterocycles. The van der Waals surface area contributed by atoms with Crippen molar-refractivity contribution in [1.82, 2.24) is 9.78 Å². The third kappa shape index (κ3) is 3.19. The van der Waals surface area contributed by atoms with Crippen molar-refractivity contribution in [3.63, 3.8) is 0 Å². The molecule has 128 valence electrons. The van der Waals surface area contributed by atoms with Gasteiger partial charge in [0.25, 0.3) is 0 Å². The van der Waals surface area contributed by atoms with Crippen LogP contribution < -0.4 is 5.73 Å². The average Bonchev–Trinajstić information content (AvgIpc) is 2.74. The van der Waals surface area contributed by atoms with Crippen LogP contribution in [0.5, 0.6) is 0 Å². The lowest BCUT2D eigenvalue weighted by molar-refractivity contribution is 0.483. The summed E-state index contributed by atoms with van der Waals surface area (Å²) < 4.78 is 35.6. The molecule has 6 nitrogen and oxygen atoms in total. The van der Waals surface area contributed by atoms with Crippen LogP contribution in [0.15, 0.2) is 17.0 Å². The molecule has 1 aromatic heterocycles. The number of sulfone groups is 1. The minimum atomic E-state index is -4.90. The standard InChI is InChI=1S/C11H4BrCl4FN4O2S/c12-11(16,17)24(22,23)9-7(3-18)20-21(10(9)19)8-5(14)1-4(13)2-6(8)15/h1-2H,19H2. The Labute approximate surface area is 163 Å². The second-order valence-corrected chi connectivity index (χ2v) is 10.3. The number of hydrogen-bond donors (Lipinski definition) is 1. The Hall–Kier alpha value is -0.760. The minimum absolute atomic E-state index is 0.0219. The Morgan fingerprint density at radius 1 is 1.33 bits per heavy atom. The molecule has 0 bridgehead atoms. The summed E-state index contributed by atoms with van der Waals surface area (Å²) in [5, 5.41) is 13.0. The van der Waals surface area contributed by atoms with Crippen LogP contribution in [0.2, 0.25) is 15.1 Å². The van der Waals surface area contributed by atoms with Crippen LogP contribution in [0.1, 0.15) is 5.69 Å². The molecule has 1 atom stereocenters. The van der Waals surface area contributed by atoms with Gasteiger partial charge in [-0.15, -0.1) is 0 Å². The molecular formula is C11H4BrCl4FN4O2S. The highest BCUT2D eigenvalue weighted by Crippen LogP contribution is 2.42. The van der Waals surface area contributed by atoms with Gasteiger partial charge in [-0.3, -0.25) is 0 Å². The van der Waals surface area contributed by atoms with Crippen molar-refractivity contribution in [3.05, 3.63) is 32.9 Å². The van der Waals surface area contributed by atoms with Gasteiger partial charge in [0, 0.05) is 5.02 Å². The summed E-state index contributed by atoms with van der Waals surface area (Å²) in [4.78, 5) is -0.901. The monoisotopic (exact) mass is 494 g/mol. The second kappa shape index (κ2) is 6.52. The fourth-order valence-electron chi connectivity index (χ4n) is 1.78. The summed E-state index contributed by atoms with van der Waals surface area (Å²) in [5.41, 5.74) is 5.03. The third-order valence-electron chi connectivity index (χ3n) is 2.75. The van der Waals surface area contributed by atoms with E-state index in [0.717, 1.165) is 4.68 Å². The molecule has 1 unspecified atom stereocenters. The Balaban J connectivity index is 2.87. The van der Waals surface area contributed by atoms with Crippen molar-refractivity contribution in [2.45, 2.75) is 8.26 Å². The van der Waals surface area contributed by atoms with E-state index in [4.69, 9.17) is 57.4 Å². The van der Waals surface area contributed by atoms with Crippen LogP contribution in [0.4, 0.5) is 10.2 Å². The van der Waals surface area contributed by atoms with Crippen LogP contribution in [-0.2, 0) is 9.84 Å². The third-order valence-corrected chi connectivity index (χ3v) is 6.98. The van der Waals surface area contributed by atoms with E-state index in [1.165, 1.54) is 18.2 Å². The number of nitrogens with two attached hydrogens (primary N) is 1. The van der Waals surface area contributed by atoms with Gasteiger partial charge in [0.15, 0.2) is 10.6 Å². The van der Waals surface area contributed by atoms with Gasteiger partial charge in [-0.25, -0.2) is 13.1 Å². The number of benzene rings is 1. The molecular weight excluding hydrogens is 493 g/mol. The van der Waals surface area contributed by atoms with E-state index in [9.17, 15) is 12.8 Å². The fourth-order valence-corrected chi connectivity index (χ4v) is 4.41. The lowest BCUT2D eigenvalue weighted by Gasteiger charge is -2.12. The number of anilines is 1. The van der Waals surface area contributed by atoms with Gasteiger partial charge in [0.1, 0.15) is 17.6 Å². The van der Waals surface area contributed by atoms with Gasteiger partial charge in [-0.05, 0) is 28.1 Å². The van der Waals surface area contributed by atoms with Gasteiger partial charge < -0.3 is 5.73 Å². The molecule has 24 heavy (non-hydrogen) atoms. The summed E-state index contributed by atoms with van der Waals surface area (Å²) in [6.07, 6.45) is 0. The number of hydrogen-bond acceptors (Lipinski definition) is 5. The first-order chi connectivity index (χ1) is 10.9. The highest BCUT2D eigenvalue weighted by Gasteiger charge is 2.46. The van der Waals surface area contributed by atoms with Crippen LogP contribution in [-0.4, -0.2) is 21.6 Å². The van der Waals surface area contributed by atoms with Gasteiger partial charge in [-0.2, -0.15) is 14.8 Å². The topological polar surface area (TPSA) is 102 Å². The lowest BCUT2D eigenvalue weighted by Crippen LogP contribution is -2.22. The number of rotatable bonds is 3. The Morgan fingerprint density at radius 3 is 2.25 bits per heavy atom. The normalized spacial score (nSPS) is 14.2. The zero-order valence-corrected chi connectivity index (χ0v) is 16.5. The predicted molar refractivity (Wildman–Crippen MR) is 93.5 cm³/mol. The molecule has 1 heterocycles. The summed E-state index contributed by atoms with van der Waals surface area (Å²) in [7, 11) is -4.90. The molecule has 0 amide bonds. The molecule has 0 radical (unpaired) electrons. The van der Waals surface area contributed by atoms with Gasteiger partial charge >= 0.3 is 3.37 Å². The van der Waals surface area contributed by atoms with Crippen LogP contribution in [0.25, 0.3) is 5.69 Å². The highest BCUT2D eigenvalue weighted by molar-refractivity contribution is 9.12. The molecule has 0 saturated carbocycles. The molecule has 0 aliphatic rings. The summed E-state index contributed by atoms with van der Waals surface area (Å²) >= 11 is 25.2. The summed E-state index contributed by atoms with van der Waals surface area (Å²) in [6, 6.07) is 4.11. The number of nitriles is 1. The first kappa shape index (κ1) is 19.6. The van der Waals surface area contributed by atoms with Crippen LogP contribution in [0, 0.1) is 11.3 Å². The highest BCUT2D eigenvalue weighted by atomic mass is 79.9. The molecule has 2 rings (SSSR count). The molecule has 0 saturated heterocycles. The number of aromatic nitrogens is 2. The van der Waals surface area contributed by atoms with E-state index in [-0.39, 0.29) is 20.8 Å². The van der Waals surface area contributed by atoms with Gasteiger partial charge in [0.2, 0.25) is 9.84 Å². The van der Waals surface area contributed by atoms with Crippen molar-refractivity contribution >= 4 is 78.0 Å². The fraction of sp³-hybridized carbons (Fsp3) is 0.0909. The maximum atomic E-state index is 13.8. The Morgan fingerprint density at radius 2 is 1.83 bits per heavy atom. The molecule has 2 aromatic rings. The number of halogens is 6. The smallest absolute Gasteiger partial charge is 0.342 e. The number of nitrogen functional groups attached to an aromatic ring is 1. The molecule has 13 heteroatoms. The first-order valence-corrected chi connectivity index (χ1v) is 9.45.